The number of nitrogens with zero attached hydrogens (tertiary/aromatic N) is 2. The molecular formula is C28H22N3NaO3S. The number of carboxylic acids is 1. The Kier molecular flexibility index (Phi) is 8.61. The average molecular weight is 504 g/mol. The fourth-order valence-electron chi connectivity index (χ4n) is 3.48. The number of carbonyl (C=O) groups is 2. The Morgan fingerprint density at radius 2 is 1.50 bits per heavy atom. The topological polar surface area (TPSA) is 83.7 Å². The molecule has 4 aromatic rings. The number of anilines is 1. The Morgan fingerprint density at radius 3 is 2.08 bits per heavy atom. The molecule has 1 aromatic heterocycles. The van der Waals surface area contributed by atoms with Gasteiger partial charge in [-0.2, -0.15) is 0 Å². The number of aliphatic carboxylic acids is 1. The molecule has 0 atom stereocenters. The summed E-state index contributed by atoms with van der Waals surface area (Å²) in [6.07, 6.45) is 5.96. The van der Waals surface area contributed by atoms with E-state index in [1.165, 1.54) is 14.6 Å². The Morgan fingerprint density at radius 1 is 0.944 bits per heavy atom. The molecule has 0 radical (unpaired) electrons. The number of rotatable bonds is 4. The van der Waals surface area contributed by atoms with Gasteiger partial charge in [-0.15, -0.1) is 0 Å². The minimum atomic E-state index is -0.833. The van der Waals surface area contributed by atoms with Crippen molar-refractivity contribution in [2.45, 2.75) is 6.92 Å². The Labute approximate surface area is 231 Å². The first-order valence-corrected chi connectivity index (χ1v) is 13.1. The van der Waals surface area contributed by atoms with Gasteiger partial charge < -0.3 is 9.67 Å². The van der Waals surface area contributed by atoms with Crippen molar-refractivity contribution in [1.29, 1.82) is 0 Å². The summed E-state index contributed by atoms with van der Waals surface area (Å²) in [5.74, 6) is -1.04. The van der Waals surface area contributed by atoms with E-state index < -0.39 is 5.97 Å². The molecule has 0 fully saturated rings. The fourth-order valence-corrected chi connectivity index (χ4v) is 4.65. The van der Waals surface area contributed by atoms with Crippen LogP contribution in [0.1, 0.15) is 12.5 Å². The van der Waals surface area contributed by atoms with Crippen LogP contribution in [-0.2, 0) is 9.59 Å². The summed E-state index contributed by atoms with van der Waals surface area (Å²) in [6, 6.07) is 28.9. The van der Waals surface area contributed by atoms with Gasteiger partial charge in [0.25, 0.3) is 5.97 Å². The van der Waals surface area contributed by atoms with Crippen LogP contribution in [0.25, 0.3) is 22.9 Å². The molecule has 6 nitrogen and oxygen atoms in total. The van der Waals surface area contributed by atoms with Crippen LogP contribution in [0.3, 0.4) is 0 Å². The molecule has 174 valence electrons. The zero-order chi connectivity index (χ0) is 25.5. The van der Waals surface area contributed by atoms with Gasteiger partial charge in [0.15, 0.2) is 0 Å². The van der Waals surface area contributed by atoms with Crippen LogP contribution in [0.5, 0.6) is 0 Å². The number of thioether (sulfide) groups is 1. The molecule has 0 aliphatic carbocycles. The van der Waals surface area contributed by atoms with Gasteiger partial charge in [0, 0.05) is 25.0 Å². The second kappa shape index (κ2) is 12.1. The quantitative estimate of drug-likeness (QED) is 0.299. The first-order chi connectivity index (χ1) is 17.4. The molecule has 1 aliphatic heterocycles. The van der Waals surface area contributed by atoms with Gasteiger partial charge in [-0.3, -0.25) is 4.79 Å². The standard InChI is InChI=1S/C26H18N3OS.C2H4O2.Na/c30-25-24(31-26(28-25)27-22-6-2-1-3-7-22)18-19-8-10-20(11-9-19)21-12-14-23(15-13-21)29-16-4-5-17-29;1-2(3)4;/h2-18H,(H,27,28,30);1H3,(H,3,4);/b24-18+;;. The molecule has 0 bridgehead atoms. The number of aliphatic imine (C=N–C) groups is 1. The van der Waals surface area contributed by atoms with Crippen LogP contribution < -0.4 is 8.13 Å². The molecule has 0 unspecified atom stereocenters. The maximum atomic E-state index is 12.3. The number of carboxylic acid groups (broad SMARTS) is 1. The van der Waals surface area contributed by atoms with Crippen LogP contribution >= 0.6 is 11.8 Å². The van der Waals surface area contributed by atoms with Crippen molar-refractivity contribution in [3.05, 3.63) is 108 Å². The number of amidine groups is 1. The zero-order valence-corrected chi connectivity index (χ0v) is 22.7. The zero-order valence-electron chi connectivity index (χ0n) is 19.9. The summed E-state index contributed by atoms with van der Waals surface area (Å²) < 4.78 is 3.41. The molecule has 5 rings (SSSR count). The van der Waals surface area contributed by atoms with Crippen LogP contribution in [0, 0.1) is 0 Å². The molecule has 1 amide bonds. The molecule has 8 heteroatoms. The summed E-state index contributed by atoms with van der Waals surface area (Å²) in [5, 5.41) is 11.3. The first-order valence-electron chi connectivity index (χ1n) is 11.3. The van der Waals surface area contributed by atoms with Gasteiger partial charge in [0.1, 0.15) is 0 Å². The van der Waals surface area contributed by atoms with Gasteiger partial charge >= 0.3 is 139 Å². The van der Waals surface area contributed by atoms with Crippen molar-refractivity contribution in [2.24, 2.45) is 4.99 Å². The second-order valence-electron chi connectivity index (χ2n) is 8.10. The monoisotopic (exact) mass is 503 g/mol. The summed E-state index contributed by atoms with van der Waals surface area (Å²) in [4.78, 5) is 26.1. The van der Waals surface area contributed by atoms with Crippen molar-refractivity contribution in [1.82, 2.24) is 4.57 Å². The molecule has 0 saturated carbocycles. The van der Waals surface area contributed by atoms with E-state index in [2.05, 4.69) is 63.4 Å². The number of hydrogen-bond acceptors (Lipinski definition) is 4. The van der Waals surface area contributed by atoms with Gasteiger partial charge in [0.2, 0.25) is 0 Å². The SMILES string of the molecule is CC(=O)O.O=C1N=C(Nc2cc[c]([Na])cc2)S/C1=C/c1ccc(-c2ccc(-n3cccc3)cc2)cc1. The van der Waals surface area contributed by atoms with Crippen molar-refractivity contribution in [2.75, 3.05) is 5.32 Å². The fraction of sp³-hybridized carbons (Fsp3) is 0.0357. The van der Waals surface area contributed by atoms with Gasteiger partial charge in [-0.05, 0) is 35.4 Å². The molecule has 0 spiro atoms. The molecule has 0 saturated heterocycles. The number of nitrogens with one attached hydrogen (secondary N) is 1. The Bertz CT molecular complexity index is 1410. The van der Waals surface area contributed by atoms with E-state index in [0.717, 1.165) is 62.9 Å². The predicted molar refractivity (Wildman–Crippen MR) is 148 cm³/mol. The molecular weight excluding hydrogens is 481 g/mol. The van der Waals surface area contributed by atoms with Crippen LogP contribution in [0.2, 0.25) is 0 Å². The van der Waals surface area contributed by atoms with Crippen molar-refractivity contribution >= 4 is 71.3 Å². The van der Waals surface area contributed by atoms with Crippen LogP contribution in [0.4, 0.5) is 5.69 Å². The predicted octanol–water partition coefficient (Wildman–Crippen LogP) is 5.11. The van der Waals surface area contributed by atoms with Crippen molar-refractivity contribution in [3.8, 4) is 16.8 Å². The van der Waals surface area contributed by atoms with Crippen LogP contribution in [-0.4, -0.2) is 54.6 Å². The Hall–Kier alpha value is -3.36. The van der Waals surface area contributed by atoms with E-state index in [9.17, 15) is 4.79 Å². The summed E-state index contributed by atoms with van der Waals surface area (Å²) in [5.41, 5.74) is 5.34. The summed E-state index contributed by atoms with van der Waals surface area (Å²) in [6.45, 7) is 1.08. The molecule has 2 N–H and O–H groups in total. The molecule has 1 aliphatic rings. The van der Waals surface area contributed by atoms with E-state index in [4.69, 9.17) is 9.90 Å². The number of hydrogen-bond donors (Lipinski definition) is 2. The van der Waals surface area contributed by atoms with E-state index in [1.807, 2.05) is 54.9 Å². The summed E-state index contributed by atoms with van der Waals surface area (Å²) in [7, 11) is 0. The van der Waals surface area contributed by atoms with E-state index in [0.29, 0.717) is 10.1 Å². The number of carbonyl (C=O) groups excluding carboxylic acids is 1. The van der Waals surface area contributed by atoms with Gasteiger partial charge in [-0.1, -0.05) is 12.1 Å². The minimum absolute atomic E-state index is 0.207. The number of benzene rings is 3. The molecule has 3 aromatic carbocycles. The third-order valence-electron chi connectivity index (χ3n) is 5.24. The molecule has 2 heterocycles. The van der Waals surface area contributed by atoms with Gasteiger partial charge in [-0.25, -0.2) is 0 Å². The average Bonchev–Trinajstić information content (AvgIpc) is 3.51. The number of aromatic nitrogens is 1. The van der Waals surface area contributed by atoms with Crippen LogP contribution in [0.15, 0.2) is 107 Å². The molecule has 36 heavy (non-hydrogen) atoms. The van der Waals surface area contributed by atoms with Gasteiger partial charge in [0.05, 0.1) is 0 Å². The first kappa shape index (κ1) is 25.7. The van der Waals surface area contributed by atoms with E-state index in [-0.39, 0.29) is 5.91 Å². The third kappa shape index (κ3) is 7.08. The van der Waals surface area contributed by atoms with E-state index in [1.54, 1.807) is 0 Å². The van der Waals surface area contributed by atoms with E-state index >= 15 is 0 Å². The Balaban J connectivity index is 0.000000709. The summed E-state index contributed by atoms with van der Waals surface area (Å²) >= 11 is 2.39. The third-order valence-corrected chi connectivity index (χ3v) is 6.80. The van der Waals surface area contributed by atoms with Crippen molar-refractivity contribution in [3.63, 3.8) is 0 Å². The second-order valence-corrected chi connectivity index (χ2v) is 10.3. The number of amides is 1. The van der Waals surface area contributed by atoms with Crippen molar-refractivity contribution < 1.29 is 14.7 Å². The normalized spacial score (nSPS) is 13.7. The maximum absolute atomic E-state index is 12.3.